The summed E-state index contributed by atoms with van der Waals surface area (Å²) in [7, 11) is 0. The molecule has 3 aromatic rings. The first-order valence-electron chi connectivity index (χ1n) is 14.1. The maximum absolute atomic E-state index is 13.9. The minimum atomic E-state index is -0.699. The number of nitrogens with zero attached hydrogens (tertiary/aromatic N) is 2. The number of amidine groups is 1. The van der Waals surface area contributed by atoms with Crippen LogP contribution in [0.25, 0.3) is 6.08 Å². The van der Waals surface area contributed by atoms with Crippen molar-refractivity contribution >= 4 is 72.6 Å². The first kappa shape index (κ1) is 33.9. The van der Waals surface area contributed by atoms with Gasteiger partial charge in [0.05, 0.1) is 27.3 Å². The van der Waals surface area contributed by atoms with Crippen LogP contribution in [0.15, 0.2) is 129 Å². The average Bonchev–Trinajstić information content (AvgIpc) is 3.04. The van der Waals surface area contributed by atoms with Crippen molar-refractivity contribution in [1.82, 2.24) is 10.2 Å². The van der Waals surface area contributed by atoms with Crippen molar-refractivity contribution in [2.75, 3.05) is 12.4 Å². The number of rotatable bonds is 11. The number of benzene rings is 3. The van der Waals surface area contributed by atoms with Gasteiger partial charge in [-0.05, 0) is 86.7 Å². The van der Waals surface area contributed by atoms with Crippen LogP contribution in [-0.4, -0.2) is 40.1 Å². The third-order valence-corrected chi connectivity index (χ3v) is 8.65. The highest BCUT2D eigenvalue weighted by molar-refractivity contribution is 9.11. The van der Waals surface area contributed by atoms with Gasteiger partial charge in [0.2, 0.25) is 5.91 Å². The van der Waals surface area contributed by atoms with Gasteiger partial charge in [-0.1, -0.05) is 97.2 Å². The Hall–Kier alpha value is -3.99. The van der Waals surface area contributed by atoms with Crippen LogP contribution in [0.5, 0.6) is 5.75 Å². The highest BCUT2D eigenvalue weighted by atomic mass is 79.9. The molecule has 45 heavy (non-hydrogen) atoms. The lowest BCUT2D eigenvalue weighted by Gasteiger charge is -2.28. The molecule has 10 heteroatoms. The van der Waals surface area contributed by atoms with Gasteiger partial charge in [0.15, 0.2) is 5.17 Å². The zero-order valence-corrected chi connectivity index (χ0v) is 28.7. The first-order chi connectivity index (χ1) is 21.8. The Kier molecular flexibility index (Phi) is 12.3. The molecule has 4 rings (SSSR count). The summed E-state index contributed by atoms with van der Waals surface area (Å²) >= 11 is 8.01. The van der Waals surface area contributed by atoms with Crippen LogP contribution in [0, 0.1) is 0 Å². The molecule has 0 spiro atoms. The maximum Gasteiger partial charge on any atom is 0.285 e. The van der Waals surface area contributed by atoms with E-state index in [2.05, 4.69) is 48.7 Å². The Balaban J connectivity index is 1.63. The Morgan fingerprint density at radius 3 is 2.18 bits per heavy atom. The first-order valence-corrected chi connectivity index (χ1v) is 16.6. The SMILES string of the molecule is C=C/C=C\C(=C/C)N1C(=O)/C(=C/c2cc(Br)c(OCC)c(Br)c2)C(=O)N=C1SCC(=O)NC(c1ccccc1)c1ccccc1. The molecule has 1 N–H and O–H groups in total. The van der Waals surface area contributed by atoms with Crippen LogP contribution in [0.4, 0.5) is 0 Å². The zero-order valence-electron chi connectivity index (χ0n) is 24.7. The fourth-order valence-electron chi connectivity index (χ4n) is 4.50. The van der Waals surface area contributed by atoms with Gasteiger partial charge in [-0.15, -0.1) is 0 Å². The van der Waals surface area contributed by atoms with E-state index < -0.39 is 11.8 Å². The van der Waals surface area contributed by atoms with Crippen molar-refractivity contribution in [2.45, 2.75) is 19.9 Å². The maximum atomic E-state index is 13.9. The summed E-state index contributed by atoms with van der Waals surface area (Å²) in [5, 5.41) is 3.19. The molecule has 0 bridgehead atoms. The highest BCUT2D eigenvalue weighted by Crippen LogP contribution is 2.36. The highest BCUT2D eigenvalue weighted by Gasteiger charge is 2.35. The molecule has 0 unspecified atom stereocenters. The number of ether oxygens (including phenoxy) is 1. The molecule has 0 fully saturated rings. The molecule has 0 saturated heterocycles. The Bertz CT molecular complexity index is 1640. The van der Waals surface area contributed by atoms with Gasteiger partial charge < -0.3 is 10.1 Å². The van der Waals surface area contributed by atoms with Gasteiger partial charge >= 0.3 is 0 Å². The number of hydrogen-bond acceptors (Lipinski definition) is 5. The number of hydrogen-bond donors (Lipinski definition) is 1. The van der Waals surface area contributed by atoms with Gasteiger partial charge in [0, 0.05) is 5.70 Å². The number of halogens is 2. The Morgan fingerprint density at radius 2 is 1.64 bits per heavy atom. The van der Waals surface area contributed by atoms with E-state index >= 15 is 0 Å². The van der Waals surface area contributed by atoms with Crippen molar-refractivity contribution in [3.05, 3.63) is 141 Å². The minimum Gasteiger partial charge on any atom is -0.492 e. The van der Waals surface area contributed by atoms with Crippen molar-refractivity contribution in [3.63, 3.8) is 0 Å². The lowest BCUT2D eigenvalue weighted by Crippen LogP contribution is -2.42. The summed E-state index contributed by atoms with van der Waals surface area (Å²) < 4.78 is 6.98. The van der Waals surface area contributed by atoms with Crippen LogP contribution in [0.2, 0.25) is 0 Å². The third kappa shape index (κ3) is 8.59. The van der Waals surface area contributed by atoms with E-state index in [0.29, 0.717) is 32.6 Å². The summed E-state index contributed by atoms with van der Waals surface area (Å²) in [6.45, 7) is 7.84. The van der Waals surface area contributed by atoms with Crippen molar-refractivity contribution in [3.8, 4) is 5.75 Å². The molecule has 0 aliphatic carbocycles. The van der Waals surface area contributed by atoms with Crippen molar-refractivity contribution in [1.29, 1.82) is 0 Å². The summed E-state index contributed by atoms with van der Waals surface area (Å²) in [5.41, 5.74) is 2.81. The largest absolute Gasteiger partial charge is 0.492 e. The molecule has 1 aliphatic heterocycles. The van der Waals surface area contributed by atoms with E-state index in [0.717, 1.165) is 22.9 Å². The summed E-state index contributed by atoms with van der Waals surface area (Å²) in [5.74, 6) is -1.01. The topological polar surface area (TPSA) is 88.1 Å². The van der Waals surface area contributed by atoms with Crippen LogP contribution in [0.3, 0.4) is 0 Å². The second kappa shape index (κ2) is 16.4. The molecule has 0 saturated carbocycles. The van der Waals surface area contributed by atoms with Crippen molar-refractivity contribution < 1.29 is 19.1 Å². The van der Waals surface area contributed by atoms with Crippen LogP contribution in [0.1, 0.15) is 36.6 Å². The summed E-state index contributed by atoms with van der Waals surface area (Å²) in [4.78, 5) is 46.2. The number of allylic oxidation sites excluding steroid dienone is 4. The number of nitrogens with one attached hydrogen (secondary N) is 1. The van der Waals surface area contributed by atoms with E-state index in [4.69, 9.17) is 4.74 Å². The molecule has 0 atom stereocenters. The molecule has 230 valence electrons. The number of carbonyl (C=O) groups excluding carboxylic acids is 3. The minimum absolute atomic E-state index is 0.0773. The van der Waals surface area contributed by atoms with Gasteiger partial charge in [-0.2, -0.15) is 4.99 Å². The number of aliphatic imine (C=N–C) groups is 1. The van der Waals surface area contributed by atoms with E-state index in [1.807, 2.05) is 67.6 Å². The van der Waals surface area contributed by atoms with Crippen LogP contribution in [-0.2, 0) is 14.4 Å². The van der Waals surface area contributed by atoms with Gasteiger partial charge in [0.1, 0.15) is 11.3 Å². The van der Waals surface area contributed by atoms with Gasteiger partial charge in [-0.25, -0.2) is 0 Å². The molecule has 0 radical (unpaired) electrons. The van der Waals surface area contributed by atoms with Crippen LogP contribution >= 0.6 is 43.6 Å². The molecule has 1 heterocycles. The third-order valence-electron chi connectivity index (χ3n) is 6.53. The second-order valence-electron chi connectivity index (χ2n) is 9.56. The second-order valence-corrected chi connectivity index (χ2v) is 12.2. The van der Waals surface area contributed by atoms with E-state index in [1.165, 1.54) is 11.0 Å². The van der Waals surface area contributed by atoms with Crippen molar-refractivity contribution in [2.24, 2.45) is 4.99 Å². The summed E-state index contributed by atoms with van der Waals surface area (Å²) in [6, 6.07) is 22.5. The van der Waals surface area contributed by atoms with E-state index in [1.54, 1.807) is 43.4 Å². The van der Waals surface area contributed by atoms with Gasteiger partial charge in [0.25, 0.3) is 11.8 Å². The fourth-order valence-corrected chi connectivity index (χ4v) is 6.76. The Labute approximate surface area is 284 Å². The van der Waals surface area contributed by atoms with E-state index in [-0.39, 0.29) is 28.4 Å². The fraction of sp³-hybridized carbons (Fsp3) is 0.143. The molecule has 1 aliphatic rings. The number of carbonyl (C=O) groups is 3. The number of thioether (sulfide) groups is 1. The molecule has 3 aromatic carbocycles. The molecular weight excluding hydrogens is 718 g/mol. The predicted octanol–water partition coefficient (Wildman–Crippen LogP) is 8.00. The normalized spacial score (nSPS) is 14.7. The molecule has 7 nitrogen and oxygen atoms in total. The van der Waals surface area contributed by atoms with Crippen LogP contribution < -0.4 is 10.1 Å². The number of amides is 3. The monoisotopic (exact) mass is 747 g/mol. The van der Waals surface area contributed by atoms with Gasteiger partial charge in [-0.3, -0.25) is 19.3 Å². The summed E-state index contributed by atoms with van der Waals surface area (Å²) in [6.07, 6.45) is 8.18. The molecular formula is C35H31Br2N3O4S. The average molecular weight is 750 g/mol. The standard InChI is InChI=1S/C35H31Br2N3O4S/c1-4-7-18-26(5-2)40-34(43)27(19-23-20-28(36)32(44-6-3)29(37)21-23)33(42)39-35(40)45-22-30(41)38-31(24-14-10-8-11-15-24)25-16-12-9-13-17-25/h4-5,7-21,31H,1,6,22H2,2-3H3,(H,38,41)/b18-7-,26-5+,27-19+. The smallest absolute Gasteiger partial charge is 0.285 e. The van der Waals surface area contributed by atoms with E-state index in [9.17, 15) is 14.4 Å². The lowest BCUT2D eigenvalue weighted by atomic mass is 9.99. The Morgan fingerprint density at radius 1 is 1.04 bits per heavy atom. The quantitative estimate of drug-likeness (QED) is 0.122. The predicted molar refractivity (Wildman–Crippen MR) is 189 cm³/mol. The molecule has 0 aromatic heterocycles. The molecule has 3 amide bonds. The zero-order chi connectivity index (χ0) is 32.3. The lowest BCUT2D eigenvalue weighted by molar-refractivity contribution is -0.126.